The molecule has 1 aromatic carbocycles. The summed E-state index contributed by atoms with van der Waals surface area (Å²) >= 11 is 0. The molecule has 1 unspecified atom stereocenters. The molecule has 0 amide bonds. The molecule has 0 aliphatic heterocycles. The summed E-state index contributed by atoms with van der Waals surface area (Å²) in [5.74, 6) is 1.31. The summed E-state index contributed by atoms with van der Waals surface area (Å²) in [5, 5.41) is 6.76. The quantitative estimate of drug-likeness (QED) is 0.408. The third-order valence-electron chi connectivity index (χ3n) is 3.84. The average Bonchev–Trinajstić information content (AvgIpc) is 2.95. The van der Waals surface area contributed by atoms with Crippen LogP contribution in [-0.4, -0.2) is 23.6 Å². The van der Waals surface area contributed by atoms with Crippen LogP contribution in [0.2, 0.25) is 0 Å². The predicted molar refractivity (Wildman–Crippen MR) is 113 cm³/mol. The summed E-state index contributed by atoms with van der Waals surface area (Å²) in [6, 6.07) is 10.8. The molecule has 2 rings (SSSR count). The highest BCUT2D eigenvalue weighted by molar-refractivity contribution is 14.0. The molecule has 24 heavy (non-hydrogen) atoms. The number of benzene rings is 1. The van der Waals surface area contributed by atoms with Crippen molar-refractivity contribution in [1.82, 2.24) is 15.2 Å². The molecule has 5 heteroatoms. The maximum Gasteiger partial charge on any atom is 0.191 e. The molecule has 2 aromatic rings. The number of guanidine groups is 1. The Hall–Kier alpha value is -1.50. The lowest BCUT2D eigenvalue weighted by molar-refractivity contribution is 0.699. The molecule has 0 bridgehead atoms. The van der Waals surface area contributed by atoms with Crippen molar-refractivity contribution >= 4 is 29.9 Å². The Morgan fingerprint density at radius 2 is 2.04 bits per heavy atom. The van der Waals surface area contributed by atoms with E-state index in [9.17, 15) is 0 Å². The van der Waals surface area contributed by atoms with Crippen LogP contribution < -0.4 is 10.6 Å². The van der Waals surface area contributed by atoms with E-state index in [1.54, 1.807) is 0 Å². The number of aromatic nitrogens is 1. The van der Waals surface area contributed by atoms with Gasteiger partial charge in [0.2, 0.25) is 0 Å². The highest BCUT2D eigenvalue weighted by atomic mass is 127. The first-order chi connectivity index (χ1) is 11.1. The molecule has 2 N–H and O–H groups in total. The molecule has 0 spiro atoms. The fourth-order valence-electron chi connectivity index (χ4n) is 2.51. The van der Waals surface area contributed by atoms with Crippen molar-refractivity contribution in [3.05, 3.63) is 59.4 Å². The summed E-state index contributed by atoms with van der Waals surface area (Å²) < 4.78 is 2.05. The second-order valence-corrected chi connectivity index (χ2v) is 6.08. The molecule has 0 aliphatic rings. The van der Waals surface area contributed by atoms with Gasteiger partial charge in [0.15, 0.2) is 5.96 Å². The Balaban J connectivity index is 0.00000288. The van der Waals surface area contributed by atoms with Gasteiger partial charge < -0.3 is 15.2 Å². The first-order valence-corrected chi connectivity index (χ1v) is 8.28. The molecule has 4 nitrogen and oxygen atoms in total. The van der Waals surface area contributed by atoms with Gasteiger partial charge in [-0.15, -0.1) is 24.0 Å². The van der Waals surface area contributed by atoms with Crippen molar-refractivity contribution < 1.29 is 0 Å². The molecule has 0 aliphatic carbocycles. The van der Waals surface area contributed by atoms with E-state index in [1.807, 2.05) is 17.8 Å². The highest BCUT2D eigenvalue weighted by Crippen LogP contribution is 2.15. The van der Waals surface area contributed by atoms with Gasteiger partial charge in [0.1, 0.15) is 0 Å². The van der Waals surface area contributed by atoms with E-state index in [0.717, 1.165) is 19.0 Å². The number of aryl methyl sites for hydroxylation is 2. The fourth-order valence-corrected chi connectivity index (χ4v) is 2.51. The van der Waals surface area contributed by atoms with E-state index in [1.165, 1.54) is 16.7 Å². The van der Waals surface area contributed by atoms with Gasteiger partial charge in [0, 0.05) is 32.5 Å². The van der Waals surface area contributed by atoms with Crippen LogP contribution in [0.5, 0.6) is 0 Å². The minimum absolute atomic E-state index is 0. The minimum Gasteiger partial charge on any atom is -0.357 e. The third kappa shape index (κ3) is 6.55. The Morgan fingerprint density at radius 3 is 2.67 bits per heavy atom. The van der Waals surface area contributed by atoms with Crippen LogP contribution in [0.15, 0.2) is 47.7 Å². The van der Waals surface area contributed by atoms with Crippen molar-refractivity contribution in [2.24, 2.45) is 12.0 Å². The predicted octanol–water partition coefficient (Wildman–Crippen LogP) is 3.81. The minimum atomic E-state index is 0. The summed E-state index contributed by atoms with van der Waals surface area (Å²) in [6.45, 7) is 8.87. The second-order valence-electron chi connectivity index (χ2n) is 6.08. The Labute approximate surface area is 162 Å². The van der Waals surface area contributed by atoms with Crippen molar-refractivity contribution in [2.75, 3.05) is 13.1 Å². The molecule has 0 radical (unpaired) electrons. The summed E-state index contributed by atoms with van der Waals surface area (Å²) in [5.41, 5.74) is 3.88. The van der Waals surface area contributed by atoms with Crippen LogP contribution >= 0.6 is 24.0 Å². The SMILES string of the molecule is CCNC(=NCc1ccn(C)c1)NCC(C)c1cccc(C)c1.I. The number of rotatable bonds is 6. The van der Waals surface area contributed by atoms with Crippen molar-refractivity contribution in [3.63, 3.8) is 0 Å². The smallest absolute Gasteiger partial charge is 0.191 e. The monoisotopic (exact) mass is 440 g/mol. The van der Waals surface area contributed by atoms with Crippen LogP contribution in [0, 0.1) is 6.92 Å². The van der Waals surface area contributed by atoms with E-state index in [4.69, 9.17) is 0 Å². The van der Waals surface area contributed by atoms with E-state index in [0.29, 0.717) is 12.5 Å². The van der Waals surface area contributed by atoms with E-state index >= 15 is 0 Å². The Kier molecular flexibility index (Phi) is 8.89. The zero-order chi connectivity index (χ0) is 16.7. The summed E-state index contributed by atoms with van der Waals surface area (Å²) in [7, 11) is 2.03. The van der Waals surface area contributed by atoms with Gasteiger partial charge in [-0.3, -0.25) is 0 Å². The molecule has 132 valence electrons. The van der Waals surface area contributed by atoms with E-state index in [2.05, 4.69) is 72.9 Å². The number of nitrogens with zero attached hydrogens (tertiary/aromatic N) is 2. The van der Waals surface area contributed by atoms with Crippen LogP contribution in [0.3, 0.4) is 0 Å². The first kappa shape index (κ1) is 20.5. The molecule has 1 atom stereocenters. The number of aliphatic imine (C=N–C) groups is 1. The van der Waals surface area contributed by atoms with Crippen LogP contribution in [0.25, 0.3) is 0 Å². The molecule has 1 heterocycles. The Morgan fingerprint density at radius 1 is 1.25 bits per heavy atom. The number of hydrogen-bond acceptors (Lipinski definition) is 1. The van der Waals surface area contributed by atoms with Crippen LogP contribution in [-0.2, 0) is 13.6 Å². The van der Waals surface area contributed by atoms with Crippen molar-refractivity contribution in [3.8, 4) is 0 Å². The lowest BCUT2D eigenvalue weighted by Gasteiger charge is -2.16. The Bertz CT molecular complexity index is 648. The maximum absolute atomic E-state index is 4.66. The normalized spacial score (nSPS) is 12.4. The van der Waals surface area contributed by atoms with Crippen molar-refractivity contribution in [1.29, 1.82) is 0 Å². The zero-order valence-electron chi connectivity index (χ0n) is 15.0. The molecule has 1 aromatic heterocycles. The van der Waals surface area contributed by atoms with Gasteiger partial charge in [-0.05, 0) is 37.0 Å². The lowest BCUT2D eigenvalue weighted by Crippen LogP contribution is -2.39. The van der Waals surface area contributed by atoms with Gasteiger partial charge in [-0.2, -0.15) is 0 Å². The average molecular weight is 440 g/mol. The largest absolute Gasteiger partial charge is 0.357 e. The van der Waals surface area contributed by atoms with Gasteiger partial charge in [0.25, 0.3) is 0 Å². The molecular formula is C19H29IN4. The van der Waals surface area contributed by atoms with Gasteiger partial charge >= 0.3 is 0 Å². The van der Waals surface area contributed by atoms with Crippen LogP contribution in [0.4, 0.5) is 0 Å². The first-order valence-electron chi connectivity index (χ1n) is 8.28. The third-order valence-corrected chi connectivity index (χ3v) is 3.84. The molecule has 0 fully saturated rings. The van der Waals surface area contributed by atoms with Crippen molar-refractivity contribution in [2.45, 2.75) is 33.2 Å². The number of nitrogens with one attached hydrogen (secondary N) is 2. The van der Waals surface area contributed by atoms with Crippen LogP contribution in [0.1, 0.15) is 36.5 Å². The summed E-state index contributed by atoms with van der Waals surface area (Å²) in [6.07, 6.45) is 4.15. The zero-order valence-corrected chi connectivity index (χ0v) is 17.4. The van der Waals surface area contributed by atoms with E-state index in [-0.39, 0.29) is 24.0 Å². The van der Waals surface area contributed by atoms with Gasteiger partial charge in [0.05, 0.1) is 6.54 Å². The maximum atomic E-state index is 4.66. The second kappa shape index (κ2) is 10.4. The lowest BCUT2D eigenvalue weighted by atomic mass is 9.99. The number of hydrogen-bond donors (Lipinski definition) is 2. The topological polar surface area (TPSA) is 41.4 Å². The highest BCUT2D eigenvalue weighted by Gasteiger charge is 2.07. The standard InChI is InChI=1S/C19H28N4.HI/c1-5-20-19(22-13-17-9-10-23(4)14-17)21-12-16(3)18-8-6-7-15(2)11-18;/h6-11,14,16H,5,12-13H2,1-4H3,(H2,20,21,22);1H. The van der Waals surface area contributed by atoms with Gasteiger partial charge in [-0.25, -0.2) is 4.99 Å². The number of halogens is 1. The molecular weight excluding hydrogens is 411 g/mol. The van der Waals surface area contributed by atoms with E-state index < -0.39 is 0 Å². The molecule has 0 saturated heterocycles. The summed E-state index contributed by atoms with van der Waals surface area (Å²) in [4.78, 5) is 4.66. The molecule has 0 saturated carbocycles. The fraction of sp³-hybridized carbons (Fsp3) is 0.421. The van der Waals surface area contributed by atoms with Gasteiger partial charge in [-0.1, -0.05) is 36.8 Å².